The highest BCUT2D eigenvalue weighted by atomic mass is 35.5. The fourth-order valence-corrected chi connectivity index (χ4v) is 5.56. The van der Waals surface area contributed by atoms with E-state index in [0.29, 0.717) is 16.5 Å². The number of carboxylic acids is 1. The molecular formula is C28H18ClFN2O4S. The summed E-state index contributed by atoms with van der Waals surface area (Å²) < 4.78 is 22.3. The number of benzene rings is 2. The number of Topliss-reactive ketones (excluding diaryl/α,β-unsaturated/α-hetero) is 1. The Kier molecular flexibility index (Phi) is 5.66. The Hall–Kier alpha value is -3.88. The number of carboxylic acid groups (broad SMARTS) is 1. The van der Waals surface area contributed by atoms with E-state index in [1.165, 1.54) is 23.0 Å². The second kappa shape index (κ2) is 8.90. The summed E-state index contributed by atoms with van der Waals surface area (Å²) in [5.74, 6) is -2.05. The summed E-state index contributed by atoms with van der Waals surface area (Å²) >= 11 is 8.14. The third-order valence-electron chi connectivity index (χ3n) is 6.57. The lowest BCUT2D eigenvalue weighted by molar-refractivity contribution is -0.113. The molecule has 0 spiro atoms. The van der Waals surface area contributed by atoms with Gasteiger partial charge in [-0.25, -0.2) is 14.2 Å². The molecule has 9 heteroatoms. The molecule has 6 nitrogen and oxygen atoms in total. The first kappa shape index (κ1) is 23.5. The number of allylic oxidation sites excluding steroid dienone is 4. The Labute approximate surface area is 219 Å². The molecule has 0 amide bonds. The number of nitrogens with zero attached hydrogens (tertiary/aromatic N) is 2. The average molecular weight is 533 g/mol. The van der Waals surface area contributed by atoms with Gasteiger partial charge < -0.3 is 14.1 Å². The highest BCUT2D eigenvalue weighted by molar-refractivity contribution is 7.98. The van der Waals surface area contributed by atoms with Crippen molar-refractivity contribution in [3.63, 3.8) is 0 Å². The molecule has 1 aliphatic rings. The molecule has 0 saturated carbocycles. The van der Waals surface area contributed by atoms with E-state index in [4.69, 9.17) is 16.0 Å². The normalized spacial score (nSPS) is 13.7. The topological polar surface area (TPSA) is 85.3 Å². The van der Waals surface area contributed by atoms with Crippen molar-refractivity contribution >= 4 is 73.5 Å². The van der Waals surface area contributed by atoms with Crippen LogP contribution in [0.1, 0.15) is 28.0 Å². The molecule has 0 aliphatic heterocycles. The number of rotatable bonds is 5. The molecule has 1 N–H and O–H groups in total. The predicted molar refractivity (Wildman–Crippen MR) is 143 cm³/mol. The Morgan fingerprint density at radius 2 is 2.11 bits per heavy atom. The van der Waals surface area contributed by atoms with Crippen LogP contribution in [0.25, 0.3) is 38.3 Å². The fourth-order valence-electron chi connectivity index (χ4n) is 4.90. The number of hydrogen-bond acceptors (Lipinski definition) is 5. The van der Waals surface area contributed by atoms with E-state index in [1.54, 1.807) is 30.0 Å². The number of aromatic carboxylic acids is 1. The highest BCUT2D eigenvalue weighted by Gasteiger charge is 2.31. The van der Waals surface area contributed by atoms with Gasteiger partial charge >= 0.3 is 5.97 Å². The number of carbonyl (C=O) groups is 2. The van der Waals surface area contributed by atoms with Crippen molar-refractivity contribution in [1.82, 2.24) is 9.55 Å². The summed E-state index contributed by atoms with van der Waals surface area (Å²) in [7, 11) is 0. The molecule has 0 fully saturated rings. The van der Waals surface area contributed by atoms with E-state index in [1.807, 2.05) is 30.5 Å². The van der Waals surface area contributed by atoms with Crippen LogP contribution in [0, 0.1) is 5.82 Å². The van der Waals surface area contributed by atoms with Crippen LogP contribution >= 0.6 is 23.4 Å². The Morgan fingerprint density at radius 3 is 2.86 bits per heavy atom. The van der Waals surface area contributed by atoms with Gasteiger partial charge in [-0.1, -0.05) is 29.8 Å². The van der Waals surface area contributed by atoms with Crippen molar-refractivity contribution in [2.45, 2.75) is 17.9 Å². The molecule has 37 heavy (non-hydrogen) atoms. The van der Waals surface area contributed by atoms with Gasteiger partial charge in [0.15, 0.2) is 5.78 Å². The minimum Gasteiger partial charge on any atom is -0.477 e. The van der Waals surface area contributed by atoms with Crippen molar-refractivity contribution in [1.29, 1.82) is 0 Å². The van der Waals surface area contributed by atoms with Crippen LogP contribution < -0.4 is 0 Å². The molecule has 0 bridgehead atoms. The Bertz CT molecular complexity index is 1850. The quantitative estimate of drug-likeness (QED) is 0.192. The molecule has 3 heterocycles. The summed E-state index contributed by atoms with van der Waals surface area (Å²) in [5.41, 5.74) is 2.01. The van der Waals surface area contributed by atoms with Crippen LogP contribution in [-0.4, -0.2) is 32.7 Å². The number of carbonyl (C=O) groups excluding carboxylic acids is 1. The maximum Gasteiger partial charge on any atom is 0.353 e. The van der Waals surface area contributed by atoms with Crippen LogP contribution in [0.2, 0.25) is 5.15 Å². The summed E-state index contributed by atoms with van der Waals surface area (Å²) in [6.45, 7) is -0.00757. The number of ketones is 1. The van der Waals surface area contributed by atoms with Crippen LogP contribution in [0.5, 0.6) is 0 Å². The SMILES string of the molecule is CSc1ccc2nc(Cl)c(Cn3c(C(=O)O)c(C4=CC=CCC4=O)c4c5occc5c(F)cc43)cc2c1. The van der Waals surface area contributed by atoms with E-state index in [0.717, 1.165) is 10.3 Å². The zero-order chi connectivity index (χ0) is 25.8. The number of aromatic nitrogens is 2. The van der Waals surface area contributed by atoms with E-state index >= 15 is 4.39 Å². The minimum absolute atomic E-state index is 0.00757. The van der Waals surface area contributed by atoms with Gasteiger partial charge in [-0.3, -0.25) is 4.79 Å². The van der Waals surface area contributed by atoms with E-state index < -0.39 is 11.8 Å². The van der Waals surface area contributed by atoms with Crippen LogP contribution in [-0.2, 0) is 11.3 Å². The number of hydrogen-bond donors (Lipinski definition) is 1. The van der Waals surface area contributed by atoms with Gasteiger partial charge in [-0.2, -0.15) is 0 Å². The van der Waals surface area contributed by atoms with Gasteiger partial charge in [0.05, 0.1) is 34.6 Å². The molecular weight excluding hydrogens is 515 g/mol. The van der Waals surface area contributed by atoms with Crippen molar-refractivity contribution < 1.29 is 23.5 Å². The number of fused-ring (bicyclic) bond motifs is 4. The second-order valence-electron chi connectivity index (χ2n) is 8.66. The lowest BCUT2D eigenvalue weighted by atomic mass is 9.93. The second-order valence-corrected chi connectivity index (χ2v) is 9.90. The minimum atomic E-state index is -1.26. The van der Waals surface area contributed by atoms with Crippen molar-refractivity contribution in [3.8, 4) is 0 Å². The lowest BCUT2D eigenvalue weighted by Crippen LogP contribution is -2.14. The molecule has 1 aliphatic carbocycles. The summed E-state index contributed by atoms with van der Waals surface area (Å²) in [6.07, 6.45) is 8.46. The Morgan fingerprint density at radius 1 is 1.27 bits per heavy atom. The standard InChI is InChI=1S/C28H18ClFN2O4S/c1-37-16-6-7-20-14(11-16)10-15(27(29)31-20)13-32-21-12-19(30)17-8-9-36-26(17)24(21)23(25(32)28(34)35)18-4-2-3-5-22(18)33/h2-4,6-12H,5,13H2,1H3,(H,34,35). The van der Waals surface area contributed by atoms with Crippen LogP contribution in [0.4, 0.5) is 4.39 Å². The number of halogens is 2. The lowest BCUT2D eigenvalue weighted by Gasteiger charge is -2.13. The molecule has 3 aromatic heterocycles. The first-order valence-electron chi connectivity index (χ1n) is 11.4. The monoisotopic (exact) mass is 532 g/mol. The highest BCUT2D eigenvalue weighted by Crippen LogP contribution is 2.40. The molecule has 184 valence electrons. The van der Waals surface area contributed by atoms with Gasteiger partial charge in [0, 0.05) is 33.4 Å². The number of thioether (sulfide) groups is 1. The predicted octanol–water partition coefficient (Wildman–Crippen LogP) is 7.11. The summed E-state index contributed by atoms with van der Waals surface area (Å²) in [5, 5.41) is 12.0. The van der Waals surface area contributed by atoms with Crippen molar-refractivity contribution in [3.05, 3.63) is 88.7 Å². The molecule has 0 saturated heterocycles. The number of pyridine rings is 1. The van der Waals surface area contributed by atoms with E-state index in [-0.39, 0.29) is 57.2 Å². The van der Waals surface area contributed by atoms with Crippen LogP contribution in [0.15, 0.2) is 70.2 Å². The molecule has 2 aromatic carbocycles. The average Bonchev–Trinajstić information content (AvgIpc) is 3.48. The van der Waals surface area contributed by atoms with Gasteiger partial charge in [0.2, 0.25) is 0 Å². The van der Waals surface area contributed by atoms with Crippen molar-refractivity contribution in [2.75, 3.05) is 6.26 Å². The molecule has 5 aromatic rings. The molecule has 0 atom stereocenters. The largest absolute Gasteiger partial charge is 0.477 e. The van der Waals surface area contributed by atoms with E-state index in [2.05, 4.69) is 4.98 Å². The Balaban J connectivity index is 1.68. The maximum absolute atomic E-state index is 15.1. The zero-order valence-electron chi connectivity index (χ0n) is 19.4. The molecule has 0 unspecified atom stereocenters. The third kappa shape index (κ3) is 3.75. The van der Waals surface area contributed by atoms with Crippen molar-refractivity contribution in [2.24, 2.45) is 0 Å². The fraction of sp³-hybridized carbons (Fsp3) is 0.107. The summed E-state index contributed by atoms with van der Waals surface area (Å²) in [4.78, 5) is 31.2. The smallest absolute Gasteiger partial charge is 0.353 e. The molecule has 0 radical (unpaired) electrons. The first-order chi connectivity index (χ1) is 17.9. The van der Waals surface area contributed by atoms with Gasteiger partial charge in [-0.05, 0) is 42.7 Å². The summed E-state index contributed by atoms with van der Waals surface area (Å²) in [6, 6.07) is 10.4. The van der Waals surface area contributed by atoms with Crippen LogP contribution in [0.3, 0.4) is 0 Å². The maximum atomic E-state index is 15.1. The molecule has 6 rings (SSSR count). The number of furan rings is 1. The van der Waals surface area contributed by atoms with Gasteiger partial charge in [-0.15, -0.1) is 11.8 Å². The van der Waals surface area contributed by atoms with E-state index in [9.17, 15) is 14.7 Å². The first-order valence-corrected chi connectivity index (χ1v) is 13.0. The zero-order valence-corrected chi connectivity index (χ0v) is 21.0. The van der Waals surface area contributed by atoms with Gasteiger partial charge in [0.1, 0.15) is 22.2 Å². The third-order valence-corrected chi connectivity index (χ3v) is 7.62. The van der Waals surface area contributed by atoms with Gasteiger partial charge in [0.25, 0.3) is 0 Å².